The van der Waals surface area contributed by atoms with Gasteiger partial charge in [0.05, 0.1) is 18.1 Å². The predicted molar refractivity (Wildman–Crippen MR) is 236 cm³/mol. The summed E-state index contributed by atoms with van der Waals surface area (Å²) in [6.45, 7) is 10.6. The Hall–Kier alpha value is -3.21. The lowest BCUT2D eigenvalue weighted by Gasteiger charge is -2.43. The molecule has 3 amide bonds. The first kappa shape index (κ1) is 47.3. The Balaban J connectivity index is 1.14. The molecule has 18 heteroatoms. The predicted octanol–water partition coefficient (Wildman–Crippen LogP) is 8.84. The highest BCUT2D eigenvalue weighted by Gasteiger charge is 2.55. The minimum absolute atomic E-state index is 0.0383. The van der Waals surface area contributed by atoms with E-state index >= 15 is 8.78 Å². The molecule has 0 unspecified atom stereocenters. The quantitative estimate of drug-likeness (QED) is 0.122. The monoisotopic (exact) mass is 920 g/mol. The van der Waals surface area contributed by atoms with E-state index in [1.54, 1.807) is 57.5 Å². The maximum atomic E-state index is 16.4. The summed E-state index contributed by atoms with van der Waals surface area (Å²) in [7, 11) is -5.25. The number of alkyl halides is 2. The number of aromatic nitrogens is 1. The second-order valence-corrected chi connectivity index (χ2v) is 23.2. The Morgan fingerprint density at radius 1 is 0.902 bits per heavy atom. The van der Waals surface area contributed by atoms with E-state index < -0.39 is 60.9 Å². The van der Waals surface area contributed by atoms with Crippen molar-refractivity contribution in [1.82, 2.24) is 20.1 Å². The molecule has 0 spiro atoms. The van der Waals surface area contributed by atoms with Crippen molar-refractivity contribution in [2.75, 3.05) is 37.8 Å². The van der Waals surface area contributed by atoms with Crippen LogP contribution < -0.4 is 5.32 Å². The Morgan fingerprint density at radius 3 is 2.15 bits per heavy atom. The van der Waals surface area contributed by atoms with Crippen LogP contribution in [0.25, 0.3) is 10.1 Å². The molecule has 61 heavy (non-hydrogen) atoms. The summed E-state index contributed by atoms with van der Waals surface area (Å²) < 4.78 is 58.1. The van der Waals surface area contributed by atoms with Gasteiger partial charge in [-0.25, -0.2) is 0 Å². The number of hydrogen-bond acceptors (Lipinski definition) is 12. The Bertz CT molecular complexity index is 2120. The van der Waals surface area contributed by atoms with Crippen molar-refractivity contribution in [2.45, 2.75) is 110 Å². The van der Waals surface area contributed by atoms with Crippen molar-refractivity contribution in [3.8, 4) is 0 Å². The Morgan fingerprint density at radius 2 is 1.54 bits per heavy atom. The molecule has 3 aromatic rings. The van der Waals surface area contributed by atoms with Gasteiger partial charge in [-0.2, -0.15) is 8.78 Å². The number of nitrogens with one attached hydrogen (secondary N) is 1. The summed E-state index contributed by atoms with van der Waals surface area (Å²) in [5.74, 6) is -0.799. The van der Waals surface area contributed by atoms with Crippen LogP contribution in [0.15, 0.2) is 48.8 Å². The van der Waals surface area contributed by atoms with E-state index in [9.17, 15) is 28.5 Å². The first-order valence-electron chi connectivity index (χ1n) is 20.7. The van der Waals surface area contributed by atoms with Gasteiger partial charge in [0.25, 0.3) is 5.91 Å². The van der Waals surface area contributed by atoms with Crippen molar-refractivity contribution in [1.29, 1.82) is 0 Å². The second-order valence-electron chi connectivity index (χ2n) is 17.9. The topological polar surface area (TPSA) is 152 Å². The summed E-state index contributed by atoms with van der Waals surface area (Å²) in [5, 5.41) is 2.81. The largest absolute Gasteiger partial charge is 0.404 e. The average molecular weight is 921 g/mol. The molecule has 1 aromatic carbocycles. The third kappa shape index (κ3) is 10.9. The van der Waals surface area contributed by atoms with Crippen LogP contribution >= 0.6 is 42.5 Å². The molecule has 0 bridgehead atoms. The normalized spacial score (nSPS) is 20.5. The van der Waals surface area contributed by atoms with Crippen LogP contribution in [0, 0.1) is 10.8 Å². The van der Waals surface area contributed by atoms with Gasteiger partial charge in [0.1, 0.15) is 12.1 Å². The zero-order chi connectivity index (χ0) is 44.3. The number of pyridine rings is 1. The molecule has 3 fully saturated rings. The molecule has 1 N–H and O–H groups in total. The highest BCUT2D eigenvalue weighted by atomic mass is 32.2. The summed E-state index contributed by atoms with van der Waals surface area (Å²) in [5.41, 5.74) is -5.10. The van der Waals surface area contributed by atoms with Gasteiger partial charge in [0.15, 0.2) is 10.2 Å². The number of hydrogen-bond donors (Lipinski definition) is 1. The van der Waals surface area contributed by atoms with E-state index in [1.807, 2.05) is 18.3 Å². The SMILES string of the molecule is CC(C)(C)C(=O)SCCOP(=O)(OCCSC(=O)C(C)(C)C)C(F)(F)c1ccc2sc(C(=O)N[C@H]3CCCC[C@H]4CC[C@@H](C(=O)N5CC(c6cccnc6)C5)N4C3=O)cc2c1. The Kier molecular flexibility index (Phi) is 14.9. The van der Waals surface area contributed by atoms with E-state index in [1.165, 1.54) is 12.1 Å². The number of carbonyl (C=O) groups is 5. The van der Waals surface area contributed by atoms with Crippen molar-refractivity contribution >= 4 is 80.5 Å². The number of amides is 3. The van der Waals surface area contributed by atoms with E-state index in [2.05, 4.69) is 10.3 Å². The van der Waals surface area contributed by atoms with Crippen LogP contribution in [-0.4, -0.2) is 98.7 Å². The average Bonchev–Trinajstić information content (AvgIpc) is 3.81. The molecule has 332 valence electrons. The number of halogens is 2. The molecule has 0 aliphatic carbocycles. The van der Waals surface area contributed by atoms with Crippen LogP contribution in [0.5, 0.6) is 0 Å². The number of likely N-dealkylation sites (tertiary alicyclic amines) is 1. The number of thiophene rings is 1. The van der Waals surface area contributed by atoms with E-state index in [4.69, 9.17) is 9.05 Å². The first-order chi connectivity index (χ1) is 28.7. The maximum absolute atomic E-state index is 16.4. The lowest BCUT2D eigenvalue weighted by atomic mass is 9.92. The molecular weight excluding hydrogens is 866 g/mol. The molecule has 3 aliphatic rings. The van der Waals surface area contributed by atoms with Gasteiger partial charge in [-0.15, -0.1) is 11.3 Å². The number of rotatable bonds is 14. The van der Waals surface area contributed by atoms with Gasteiger partial charge < -0.3 is 24.2 Å². The summed E-state index contributed by atoms with van der Waals surface area (Å²) in [6.07, 6.45) is 7.52. The fourth-order valence-electron chi connectivity index (χ4n) is 7.55. The zero-order valence-corrected chi connectivity index (χ0v) is 38.8. The Labute approximate surface area is 368 Å². The van der Waals surface area contributed by atoms with Gasteiger partial charge in [-0.05, 0) is 60.9 Å². The van der Waals surface area contributed by atoms with Crippen LogP contribution in [0.4, 0.5) is 8.78 Å². The molecule has 3 atom stereocenters. The minimum Gasteiger partial charge on any atom is -0.340 e. The fourth-order valence-corrected chi connectivity index (χ4v) is 11.8. The van der Waals surface area contributed by atoms with Crippen molar-refractivity contribution in [2.24, 2.45) is 10.8 Å². The second kappa shape index (κ2) is 19.3. The fraction of sp³-hybridized carbons (Fsp3) is 0.581. The lowest BCUT2D eigenvalue weighted by molar-refractivity contribution is -0.149. The van der Waals surface area contributed by atoms with E-state index in [0.29, 0.717) is 43.5 Å². The smallest absolute Gasteiger partial charge is 0.340 e. The molecule has 3 saturated heterocycles. The third-order valence-electron chi connectivity index (χ3n) is 11.1. The zero-order valence-electron chi connectivity index (χ0n) is 35.4. The number of fused-ring (bicyclic) bond motifs is 2. The molecule has 12 nitrogen and oxygen atoms in total. The van der Waals surface area contributed by atoms with Gasteiger partial charge in [-0.3, -0.25) is 33.5 Å². The number of benzene rings is 1. The highest BCUT2D eigenvalue weighted by Crippen LogP contribution is 2.67. The summed E-state index contributed by atoms with van der Waals surface area (Å²) in [4.78, 5) is 74.5. The standard InChI is InChI=1S/C43H55F2N4O8PS3/c1-41(2,3)39(53)59-20-18-56-58(55,57-19-21-60-40(54)42(4,5)6)43(44,45)30-13-16-34-28(22-30)23-35(61-34)36(50)47-32-12-8-7-11-31-14-15-33(49(31)37(32)51)38(52)48-25-29(26-48)27-10-9-17-46-24-27/h9-10,13,16-17,22-24,29,31-33H,7-8,11-12,14-15,18-21,25-26H2,1-6H3,(H,47,50)/t31-,32-,33-/m0/s1. The van der Waals surface area contributed by atoms with Crippen LogP contribution in [0.3, 0.4) is 0 Å². The van der Waals surface area contributed by atoms with E-state index in [0.717, 1.165) is 65.4 Å². The molecular formula is C43H55F2N4O8PS3. The molecule has 0 radical (unpaired) electrons. The molecule has 6 rings (SSSR count). The first-order valence-corrected chi connectivity index (χ1v) is 25.0. The molecule has 3 aliphatic heterocycles. The highest BCUT2D eigenvalue weighted by molar-refractivity contribution is 8.14. The van der Waals surface area contributed by atoms with Crippen LogP contribution in [0.2, 0.25) is 0 Å². The van der Waals surface area contributed by atoms with Gasteiger partial charge in [0, 0.05) is 70.0 Å². The summed E-state index contributed by atoms with van der Waals surface area (Å²) >= 11 is 2.83. The lowest BCUT2D eigenvalue weighted by Crippen LogP contribution is -2.59. The minimum atomic E-state index is -5.25. The molecule has 5 heterocycles. The van der Waals surface area contributed by atoms with Gasteiger partial charge in [0.2, 0.25) is 11.8 Å². The van der Waals surface area contributed by atoms with Crippen molar-refractivity contribution < 1.29 is 46.4 Å². The number of carbonyl (C=O) groups excluding carboxylic acids is 5. The van der Waals surface area contributed by atoms with Crippen molar-refractivity contribution in [3.63, 3.8) is 0 Å². The maximum Gasteiger partial charge on any atom is 0.404 e. The van der Waals surface area contributed by atoms with Crippen LogP contribution in [0.1, 0.15) is 107 Å². The number of thioether (sulfide) groups is 2. The van der Waals surface area contributed by atoms with Crippen LogP contribution in [-0.2, 0) is 38.5 Å². The van der Waals surface area contributed by atoms with Gasteiger partial charge >= 0.3 is 13.3 Å². The number of nitrogens with zero attached hydrogens (tertiary/aromatic N) is 3. The van der Waals surface area contributed by atoms with E-state index in [-0.39, 0.29) is 55.8 Å². The third-order valence-corrected chi connectivity index (χ3v) is 16.7. The van der Waals surface area contributed by atoms with Crippen molar-refractivity contribution in [3.05, 3.63) is 64.8 Å². The summed E-state index contributed by atoms with van der Waals surface area (Å²) in [6, 6.07) is 7.40. The van der Waals surface area contributed by atoms with Gasteiger partial charge in [-0.1, -0.05) is 90.0 Å². The molecule has 2 aromatic heterocycles. The molecule has 0 saturated carbocycles.